The van der Waals surface area contributed by atoms with Gasteiger partial charge in [-0.1, -0.05) is 37.2 Å². The molecule has 0 amide bonds. The van der Waals surface area contributed by atoms with Crippen molar-refractivity contribution in [2.75, 3.05) is 0 Å². The van der Waals surface area contributed by atoms with Crippen molar-refractivity contribution in [3.63, 3.8) is 0 Å². The minimum Gasteiger partial charge on any atom is -0.0745 e. The third kappa shape index (κ3) is 2.15. The van der Waals surface area contributed by atoms with Crippen LogP contribution in [0.2, 0.25) is 18.1 Å². The molecule has 1 unspecified atom stereocenters. The third-order valence-electron chi connectivity index (χ3n) is 3.68. The predicted octanol–water partition coefficient (Wildman–Crippen LogP) is 3.53. The standard InChI is InChI=1S/C11H20Si.Zr/c1-8-7-11(4,12(5)6)10(3)9(8)2;/h7,12H,1-6H3;. The molecule has 0 aromatic rings. The van der Waals surface area contributed by atoms with Crippen molar-refractivity contribution in [3.8, 4) is 0 Å². The van der Waals surface area contributed by atoms with E-state index < -0.39 is 8.80 Å². The molecule has 1 rings (SSSR count). The van der Waals surface area contributed by atoms with Crippen LogP contribution in [0.25, 0.3) is 0 Å². The van der Waals surface area contributed by atoms with Gasteiger partial charge in [-0.05, 0) is 31.4 Å². The van der Waals surface area contributed by atoms with Gasteiger partial charge in [0.15, 0.2) is 0 Å². The second kappa shape index (κ2) is 4.40. The van der Waals surface area contributed by atoms with E-state index in [4.69, 9.17) is 0 Å². The monoisotopic (exact) mass is 270 g/mol. The number of hydrogen-bond acceptors (Lipinski definition) is 0. The van der Waals surface area contributed by atoms with Gasteiger partial charge < -0.3 is 0 Å². The van der Waals surface area contributed by atoms with Crippen LogP contribution in [-0.2, 0) is 26.2 Å². The van der Waals surface area contributed by atoms with Crippen LogP contribution in [-0.4, -0.2) is 8.80 Å². The van der Waals surface area contributed by atoms with Crippen molar-refractivity contribution in [3.05, 3.63) is 22.8 Å². The first kappa shape index (κ1) is 13.6. The van der Waals surface area contributed by atoms with Gasteiger partial charge >= 0.3 is 0 Å². The van der Waals surface area contributed by atoms with Crippen LogP contribution in [0.1, 0.15) is 27.7 Å². The fourth-order valence-corrected chi connectivity index (χ4v) is 3.63. The van der Waals surface area contributed by atoms with Crippen molar-refractivity contribution in [2.24, 2.45) is 0 Å². The van der Waals surface area contributed by atoms with Gasteiger partial charge in [-0.25, -0.2) is 0 Å². The summed E-state index contributed by atoms with van der Waals surface area (Å²) in [6, 6.07) is 0. The maximum absolute atomic E-state index is 2.48. The summed E-state index contributed by atoms with van der Waals surface area (Å²) >= 11 is 0. The SMILES string of the molecule is CC1=CC(C)([SiH](C)C)C(C)=C1C.[Zr]. The zero-order valence-electron chi connectivity index (χ0n) is 9.65. The van der Waals surface area contributed by atoms with Gasteiger partial charge in [0, 0.05) is 35.0 Å². The smallest absolute Gasteiger partial charge is 0.0467 e. The molecule has 0 spiro atoms. The van der Waals surface area contributed by atoms with Gasteiger partial charge in [-0.15, -0.1) is 0 Å². The van der Waals surface area contributed by atoms with Crippen LogP contribution in [0.15, 0.2) is 22.8 Å². The van der Waals surface area contributed by atoms with Crippen LogP contribution in [0.4, 0.5) is 0 Å². The van der Waals surface area contributed by atoms with E-state index in [2.05, 4.69) is 46.9 Å². The second-order valence-electron chi connectivity index (χ2n) is 4.51. The summed E-state index contributed by atoms with van der Waals surface area (Å²) in [6.07, 6.45) is 2.48. The van der Waals surface area contributed by atoms with Crippen LogP contribution >= 0.6 is 0 Å². The quantitative estimate of drug-likeness (QED) is 0.640. The molecule has 13 heavy (non-hydrogen) atoms. The molecule has 0 radical (unpaired) electrons. The molecule has 1 aliphatic rings. The van der Waals surface area contributed by atoms with E-state index in [1.54, 1.807) is 5.57 Å². The Morgan fingerprint density at radius 3 is 1.77 bits per heavy atom. The average Bonchev–Trinajstić information content (AvgIpc) is 2.17. The molecule has 0 heterocycles. The summed E-state index contributed by atoms with van der Waals surface area (Å²) in [5, 5.41) is 0.453. The molecule has 0 aromatic heterocycles. The Hall–Kier alpha value is 0.580. The van der Waals surface area contributed by atoms with Crippen molar-refractivity contribution in [1.82, 2.24) is 0 Å². The Labute approximate surface area is 103 Å². The molecular formula is C11H20SiZr. The molecule has 1 atom stereocenters. The van der Waals surface area contributed by atoms with Crippen molar-refractivity contribution in [1.29, 1.82) is 0 Å². The first-order chi connectivity index (χ1) is 5.39. The summed E-state index contributed by atoms with van der Waals surface area (Å²) in [6.45, 7) is 14.1. The van der Waals surface area contributed by atoms with Crippen LogP contribution < -0.4 is 0 Å². The minimum atomic E-state index is -0.607. The van der Waals surface area contributed by atoms with Crippen molar-refractivity contribution in [2.45, 2.75) is 45.8 Å². The summed E-state index contributed by atoms with van der Waals surface area (Å²) in [4.78, 5) is 0. The zero-order valence-corrected chi connectivity index (χ0v) is 13.3. The molecule has 2 heteroatoms. The predicted molar refractivity (Wildman–Crippen MR) is 59.4 cm³/mol. The van der Waals surface area contributed by atoms with Gasteiger partial charge in [0.25, 0.3) is 0 Å². The second-order valence-corrected chi connectivity index (χ2v) is 8.02. The van der Waals surface area contributed by atoms with Gasteiger partial charge in [-0.3, -0.25) is 0 Å². The normalized spacial score (nSPS) is 27.8. The van der Waals surface area contributed by atoms with E-state index in [-0.39, 0.29) is 26.2 Å². The Morgan fingerprint density at radius 1 is 1.15 bits per heavy atom. The molecule has 0 bridgehead atoms. The molecule has 0 saturated carbocycles. The van der Waals surface area contributed by atoms with Crippen LogP contribution in [0.5, 0.6) is 0 Å². The fourth-order valence-electron chi connectivity index (χ4n) is 1.97. The molecule has 0 fully saturated rings. The third-order valence-corrected chi connectivity index (χ3v) is 6.68. The topological polar surface area (TPSA) is 0 Å². The summed E-state index contributed by atoms with van der Waals surface area (Å²) in [7, 11) is -0.607. The fraction of sp³-hybridized carbons (Fsp3) is 0.636. The van der Waals surface area contributed by atoms with E-state index in [1.807, 2.05) is 0 Å². The molecule has 0 nitrogen and oxygen atoms in total. The number of rotatable bonds is 1. The summed E-state index contributed by atoms with van der Waals surface area (Å²) in [5.74, 6) is 0. The van der Waals surface area contributed by atoms with Gasteiger partial charge in [-0.2, -0.15) is 0 Å². The first-order valence-electron chi connectivity index (χ1n) is 4.77. The van der Waals surface area contributed by atoms with E-state index in [0.717, 1.165) is 0 Å². The van der Waals surface area contributed by atoms with E-state index in [9.17, 15) is 0 Å². The number of hydrogen-bond donors (Lipinski definition) is 0. The maximum Gasteiger partial charge on any atom is 0.0467 e. The van der Waals surface area contributed by atoms with Gasteiger partial charge in [0.1, 0.15) is 0 Å². The largest absolute Gasteiger partial charge is 0.0745 e. The van der Waals surface area contributed by atoms with Crippen molar-refractivity contribution >= 4 is 8.80 Å². The van der Waals surface area contributed by atoms with E-state index >= 15 is 0 Å². The van der Waals surface area contributed by atoms with E-state index in [1.165, 1.54) is 11.1 Å². The Morgan fingerprint density at radius 2 is 1.62 bits per heavy atom. The first-order valence-corrected chi connectivity index (χ1v) is 7.66. The Balaban J connectivity index is 0.00000144. The van der Waals surface area contributed by atoms with Gasteiger partial charge in [0.2, 0.25) is 0 Å². The molecular weight excluding hydrogens is 251 g/mol. The van der Waals surface area contributed by atoms with Crippen LogP contribution in [0.3, 0.4) is 0 Å². The molecule has 0 aliphatic heterocycles. The minimum absolute atomic E-state index is 0. The Bertz CT molecular complexity index is 263. The zero-order chi connectivity index (χ0) is 9.52. The summed E-state index contributed by atoms with van der Waals surface area (Å²) in [5.41, 5.74) is 4.64. The van der Waals surface area contributed by atoms with Crippen molar-refractivity contribution < 1.29 is 26.2 Å². The average molecular weight is 272 g/mol. The van der Waals surface area contributed by atoms with Crippen LogP contribution in [0, 0.1) is 0 Å². The van der Waals surface area contributed by atoms with E-state index in [0.29, 0.717) is 5.04 Å². The molecule has 0 aromatic carbocycles. The Kier molecular flexibility index (Phi) is 4.60. The van der Waals surface area contributed by atoms with Gasteiger partial charge in [0.05, 0.1) is 0 Å². The maximum atomic E-state index is 2.48. The molecule has 0 saturated heterocycles. The molecule has 1 aliphatic carbocycles. The number of allylic oxidation sites excluding steroid dienone is 4. The molecule has 72 valence electrons. The molecule has 0 N–H and O–H groups in total. The summed E-state index contributed by atoms with van der Waals surface area (Å²) < 4.78 is 0.